The zero-order chi connectivity index (χ0) is 15.7. The third kappa shape index (κ3) is 7.63. The molecule has 0 aliphatic heterocycles. The molecule has 21 heavy (non-hydrogen) atoms. The van der Waals surface area contributed by atoms with Gasteiger partial charge < -0.3 is 0 Å². The summed E-state index contributed by atoms with van der Waals surface area (Å²) < 4.78 is 28.9. The molecule has 1 rings (SSSR count). The lowest BCUT2D eigenvalue weighted by Crippen LogP contribution is -2.07. The monoisotopic (exact) mass is 312 g/mol. The molecule has 0 atom stereocenters. The Hall–Kier alpha value is -0.870. The predicted octanol–water partition coefficient (Wildman–Crippen LogP) is 4.70. The number of hydrogen-bond acceptors (Lipinski definition) is 3. The molecule has 0 bridgehead atoms. The largest absolute Gasteiger partial charge is 0.296 e. The summed E-state index contributed by atoms with van der Waals surface area (Å²) in [7, 11) is -3.59. The average molecular weight is 312 g/mol. The van der Waals surface area contributed by atoms with Crippen LogP contribution in [0.3, 0.4) is 0 Å². The van der Waals surface area contributed by atoms with Crippen molar-refractivity contribution in [2.75, 3.05) is 6.61 Å². The van der Waals surface area contributed by atoms with Crippen LogP contribution >= 0.6 is 0 Å². The molecule has 0 spiro atoms. The lowest BCUT2D eigenvalue weighted by Gasteiger charge is -2.06. The molecule has 0 radical (unpaired) electrons. The van der Waals surface area contributed by atoms with Crippen LogP contribution in [0.5, 0.6) is 0 Å². The molecule has 0 aromatic heterocycles. The van der Waals surface area contributed by atoms with Gasteiger partial charge >= 0.3 is 0 Å². The van der Waals surface area contributed by atoms with Crippen molar-refractivity contribution in [1.82, 2.24) is 0 Å². The Morgan fingerprint density at radius 2 is 1.52 bits per heavy atom. The molecule has 3 nitrogen and oxygen atoms in total. The summed E-state index contributed by atoms with van der Waals surface area (Å²) in [5.74, 6) is 0.771. The Balaban J connectivity index is 2.18. The minimum Gasteiger partial charge on any atom is -0.266 e. The van der Waals surface area contributed by atoms with E-state index in [1.807, 2.05) is 6.92 Å². The maximum Gasteiger partial charge on any atom is 0.296 e. The molecule has 120 valence electrons. The Bertz CT molecular complexity index is 489. The second-order valence-electron chi connectivity index (χ2n) is 6.04. The van der Waals surface area contributed by atoms with Gasteiger partial charge in [-0.05, 0) is 31.4 Å². The lowest BCUT2D eigenvalue weighted by molar-refractivity contribution is 0.306. The van der Waals surface area contributed by atoms with Crippen molar-refractivity contribution >= 4 is 10.1 Å². The van der Waals surface area contributed by atoms with E-state index in [9.17, 15) is 8.42 Å². The van der Waals surface area contributed by atoms with Gasteiger partial charge in [-0.2, -0.15) is 8.42 Å². The van der Waals surface area contributed by atoms with Crippen LogP contribution in [-0.4, -0.2) is 15.0 Å². The highest BCUT2D eigenvalue weighted by molar-refractivity contribution is 7.86. The summed E-state index contributed by atoms with van der Waals surface area (Å²) in [6.45, 7) is 6.69. The molecule has 0 amide bonds. The van der Waals surface area contributed by atoms with Gasteiger partial charge in [-0.15, -0.1) is 0 Å². The van der Waals surface area contributed by atoms with Crippen molar-refractivity contribution in [3.05, 3.63) is 29.8 Å². The van der Waals surface area contributed by atoms with Gasteiger partial charge in [0.2, 0.25) is 0 Å². The quantitative estimate of drug-likeness (QED) is 0.465. The predicted molar refractivity (Wildman–Crippen MR) is 86.9 cm³/mol. The molecular formula is C17H28O3S. The average Bonchev–Trinajstić information content (AvgIpc) is 2.42. The van der Waals surface area contributed by atoms with Crippen molar-refractivity contribution in [3.63, 3.8) is 0 Å². The van der Waals surface area contributed by atoms with Gasteiger partial charge in [0.1, 0.15) is 0 Å². The third-order valence-electron chi connectivity index (χ3n) is 3.47. The van der Waals surface area contributed by atoms with E-state index in [0.717, 1.165) is 30.7 Å². The standard InChI is InChI=1S/C17H28O3S/c1-15(2)9-7-5-4-6-8-14-20-21(18,19)17-12-10-16(3)11-13-17/h10-13,15H,4-9,14H2,1-3H3. The van der Waals surface area contributed by atoms with E-state index in [2.05, 4.69) is 13.8 Å². The van der Waals surface area contributed by atoms with Gasteiger partial charge in [-0.1, -0.05) is 63.6 Å². The molecule has 4 heteroatoms. The fraction of sp³-hybridized carbons (Fsp3) is 0.647. The van der Waals surface area contributed by atoms with E-state index in [-0.39, 0.29) is 11.5 Å². The second-order valence-corrected chi connectivity index (χ2v) is 7.65. The third-order valence-corrected chi connectivity index (χ3v) is 4.80. The topological polar surface area (TPSA) is 43.4 Å². The number of hydrogen-bond donors (Lipinski definition) is 0. The van der Waals surface area contributed by atoms with Crippen molar-refractivity contribution < 1.29 is 12.6 Å². The zero-order valence-corrected chi connectivity index (χ0v) is 14.3. The van der Waals surface area contributed by atoms with Crippen LogP contribution in [-0.2, 0) is 14.3 Å². The van der Waals surface area contributed by atoms with Crippen LogP contribution in [0.15, 0.2) is 29.2 Å². The van der Waals surface area contributed by atoms with E-state index >= 15 is 0 Å². The van der Waals surface area contributed by atoms with Gasteiger partial charge in [0.25, 0.3) is 10.1 Å². The minimum atomic E-state index is -3.59. The molecule has 0 aliphatic carbocycles. The zero-order valence-electron chi connectivity index (χ0n) is 13.5. The molecule has 1 aromatic carbocycles. The maximum atomic E-state index is 11.9. The van der Waals surface area contributed by atoms with E-state index in [1.54, 1.807) is 24.3 Å². The lowest BCUT2D eigenvalue weighted by atomic mass is 10.0. The molecule has 0 unspecified atom stereocenters. The fourth-order valence-electron chi connectivity index (χ4n) is 2.13. The molecule has 0 saturated heterocycles. The first-order chi connectivity index (χ1) is 9.92. The highest BCUT2D eigenvalue weighted by atomic mass is 32.2. The first-order valence-electron chi connectivity index (χ1n) is 7.88. The molecule has 0 saturated carbocycles. The van der Waals surface area contributed by atoms with Gasteiger partial charge in [0.15, 0.2) is 0 Å². The number of benzene rings is 1. The van der Waals surface area contributed by atoms with Crippen molar-refractivity contribution in [2.24, 2.45) is 5.92 Å². The van der Waals surface area contributed by atoms with Crippen LogP contribution in [0, 0.1) is 12.8 Å². The molecule has 1 aromatic rings. The summed E-state index contributed by atoms with van der Waals surface area (Å²) in [5, 5.41) is 0. The first kappa shape index (κ1) is 18.2. The molecule has 0 fully saturated rings. The van der Waals surface area contributed by atoms with Gasteiger partial charge in [0, 0.05) is 0 Å². The summed E-state index contributed by atoms with van der Waals surface area (Å²) in [6, 6.07) is 6.75. The molecule has 0 N–H and O–H groups in total. The summed E-state index contributed by atoms with van der Waals surface area (Å²) in [6.07, 6.45) is 6.75. The molecule has 0 heterocycles. The summed E-state index contributed by atoms with van der Waals surface area (Å²) in [4.78, 5) is 0.241. The van der Waals surface area contributed by atoms with Crippen LogP contribution in [0.4, 0.5) is 0 Å². The van der Waals surface area contributed by atoms with Gasteiger partial charge in [0.05, 0.1) is 11.5 Å². The number of aryl methyl sites for hydroxylation is 1. The summed E-state index contributed by atoms with van der Waals surface area (Å²) in [5.41, 5.74) is 1.04. The van der Waals surface area contributed by atoms with Crippen molar-refractivity contribution in [2.45, 2.75) is 64.2 Å². The normalized spacial score (nSPS) is 12.0. The van der Waals surface area contributed by atoms with E-state index in [0.29, 0.717) is 0 Å². The van der Waals surface area contributed by atoms with Crippen LogP contribution in [0.1, 0.15) is 57.9 Å². The Kier molecular flexibility index (Phi) is 7.97. The number of unbranched alkanes of at least 4 members (excludes halogenated alkanes) is 4. The SMILES string of the molecule is Cc1ccc(S(=O)(=O)OCCCCCCCC(C)C)cc1. The van der Waals surface area contributed by atoms with Crippen LogP contribution < -0.4 is 0 Å². The first-order valence-corrected chi connectivity index (χ1v) is 9.29. The van der Waals surface area contributed by atoms with Crippen molar-refractivity contribution in [1.29, 1.82) is 0 Å². The van der Waals surface area contributed by atoms with Gasteiger partial charge in [-0.25, -0.2) is 0 Å². The smallest absolute Gasteiger partial charge is 0.266 e. The highest BCUT2D eigenvalue weighted by Crippen LogP contribution is 2.15. The number of rotatable bonds is 10. The van der Waals surface area contributed by atoms with Gasteiger partial charge in [-0.3, -0.25) is 4.18 Å². The fourth-order valence-corrected chi connectivity index (χ4v) is 3.07. The van der Waals surface area contributed by atoms with E-state index in [4.69, 9.17) is 4.18 Å². The summed E-state index contributed by atoms with van der Waals surface area (Å²) >= 11 is 0. The molecular weight excluding hydrogens is 284 g/mol. The maximum absolute atomic E-state index is 11.9. The Morgan fingerprint density at radius 1 is 0.952 bits per heavy atom. The van der Waals surface area contributed by atoms with E-state index in [1.165, 1.54) is 19.3 Å². The Morgan fingerprint density at radius 3 is 2.14 bits per heavy atom. The molecule has 0 aliphatic rings. The van der Waals surface area contributed by atoms with E-state index < -0.39 is 10.1 Å². The minimum absolute atomic E-state index is 0.241. The highest BCUT2D eigenvalue weighted by Gasteiger charge is 2.14. The van der Waals surface area contributed by atoms with Crippen molar-refractivity contribution in [3.8, 4) is 0 Å². The Labute approximate surface area is 129 Å². The second kappa shape index (κ2) is 9.21. The van der Waals surface area contributed by atoms with Crippen LogP contribution in [0.25, 0.3) is 0 Å². The van der Waals surface area contributed by atoms with Crippen LogP contribution in [0.2, 0.25) is 0 Å².